The van der Waals surface area contributed by atoms with Crippen molar-refractivity contribution in [1.29, 1.82) is 0 Å². The van der Waals surface area contributed by atoms with E-state index in [0.29, 0.717) is 0 Å². The Morgan fingerprint density at radius 2 is 2.45 bits per heavy atom. The Hall–Kier alpha value is -1.18. The second kappa shape index (κ2) is 2.46. The molecule has 0 spiro atoms. The first-order valence-corrected chi connectivity index (χ1v) is 3.90. The largest absolute Gasteiger partial charge is 0.259 e. The summed E-state index contributed by atoms with van der Waals surface area (Å²) in [5.41, 5.74) is 3.44. The Kier molecular flexibility index (Phi) is 1.46. The van der Waals surface area contributed by atoms with Gasteiger partial charge in [-0.25, -0.2) is 0 Å². The summed E-state index contributed by atoms with van der Waals surface area (Å²) in [5.74, 6) is 0. The summed E-state index contributed by atoms with van der Waals surface area (Å²) in [6, 6.07) is 2.12. The van der Waals surface area contributed by atoms with E-state index in [2.05, 4.69) is 23.0 Å². The molecule has 0 unspecified atom stereocenters. The number of aryl methyl sites for hydroxylation is 1. The van der Waals surface area contributed by atoms with Crippen LogP contribution in [0.5, 0.6) is 0 Å². The van der Waals surface area contributed by atoms with E-state index in [1.807, 2.05) is 12.4 Å². The van der Waals surface area contributed by atoms with Gasteiger partial charge in [-0.05, 0) is 18.1 Å². The zero-order valence-corrected chi connectivity index (χ0v) is 6.54. The molecule has 0 saturated heterocycles. The van der Waals surface area contributed by atoms with Crippen molar-refractivity contribution in [2.45, 2.75) is 19.8 Å². The predicted molar refractivity (Wildman–Crippen MR) is 45.5 cm³/mol. The average molecular weight is 146 g/mol. The Balaban J connectivity index is 2.47. The van der Waals surface area contributed by atoms with Gasteiger partial charge in [-0.2, -0.15) is 0 Å². The van der Waals surface area contributed by atoms with Gasteiger partial charge in [0.25, 0.3) is 0 Å². The van der Waals surface area contributed by atoms with Crippen LogP contribution in [0.15, 0.2) is 17.3 Å². The minimum Gasteiger partial charge on any atom is -0.259 e. The summed E-state index contributed by atoms with van der Waals surface area (Å²) in [6.45, 7) is 2.13. The van der Waals surface area contributed by atoms with Gasteiger partial charge in [-0.3, -0.25) is 9.98 Å². The van der Waals surface area contributed by atoms with Gasteiger partial charge in [0.1, 0.15) is 0 Å². The molecule has 0 saturated carbocycles. The lowest BCUT2D eigenvalue weighted by Gasteiger charge is -1.98. The molecule has 0 aliphatic carbocycles. The number of hydrogen-bond donors (Lipinski definition) is 0. The van der Waals surface area contributed by atoms with Crippen molar-refractivity contribution < 1.29 is 0 Å². The second-order valence-electron chi connectivity index (χ2n) is 2.68. The van der Waals surface area contributed by atoms with Gasteiger partial charge in [0, 0.05) is 18.8 Å². The fourth-order valence-corrected chi connectivity index (χ4v) is 1.22. The smallest absolute Gasteiger partial charge is 0.0847 e. The molecule has 1 aromatic rings. The van der Waals surface area contributed by atoms with Gasteiger partial charge in [0.15, 0.2) is 0 Å². The van der Waals surface area contributed by atoms with Crippen LogP contribution in [0, 0.1) is 0 Å². The van der Waals surface area contributed by atoms with Crippen molar-refractivity contribution in [2.75, 3.05) is 0 Å². The summed E-state index contributed by atoms with van der Waals surface area (Å²) in [7, 11) is 0. The number of rotatable bonds is 1. The number of hydrogen-bond acceptors (Lipinski definition) is 2. The minimum absolute atomic E-state index is 0.902. The molecule has 2 rings (SSSR count). The molecule has 11 heavy (non-hydrogen) atoms. The van der Waals surface area contributed by atoms with E-state index in [4.69, 9.17) is 0 Å². The fraction of sp³-hybridized carbons (Fsp3) is 0.333. The van der Waals surface area contributed by atoms with E-state index in [0.717, 1.165) is 24.2 Å². The third-order valence-electron chi connectivity index (χ3n) is 1.93. The van der Waals surface area contributed by atoms with Gasteiger partial charge in [-0.1, -0.05) is 6.92 Å². The van der Waals surface area contributed by atoms with Gasteiger partial charge in [0.2, 0.25) is 0 Å². The first-order chi connectivity index (χ1) is 5.40. The van der Waals surface area contributed by atoms with Crippen LogP contribution in [-0.4, -0.2) is 11.2 Å². The van der Waals surface area contributed by atoms with Crippen LogP contribution in [0.2, 0.25) is 0 Å². The molecule has 0 atom stereocenters. The molecule has 2 nitrogen and oxygen atoms in total. The van der Waals surface area contributed by atoms with Crippen LogP contribution in [0.1, 0.15) is 18.2 Å². The Labute approximate surface area is 66.0 Å². The third-order valence-corrected chi connectivity index (χ3v) is 1.93. The lowest BCUT2D eigenvalue weighted by atomic mass is 10.2. The van der Waals surface area contributed by atoms with Crippen molar-refractivity contribution in [3.8, 4) is 0 Å². The maximum atomic E-state index is 4.31. The van der Waals surface area contributed by atoms with E-state index >= 15 is 0 Å². The van der Waals surface area contributed by atoms with Gasteiger partial charge < -0.3 is 0 Å². The summed E-state index contributed by atoms with van der Waals surface area (Å²) in [4.78, 5) is 8.53. The number of fused-ring (bicyclic) bond motifs is 1. The molecular weight excluding hydrogens is 136 g/mol. The van der Waals surface area contributed by atoms with Crippen molar-refractivity contribution >= 4 is 11.9 Å². The van der Waals surface area contributed by atoms with Crippen LogP contribution in [0.3, 0.4) is 0 Å². The van der Waals surface area contributed by atoms with Crippen LogP contribution >= 0.6 is 0 Å². The molecular formula is C9H10N2. The van der Waals surface area contributed by atoms with Crippen LogP contribution in [-0.2, 0) is 12.8 Å². The monoisotopic (exact) mass is 146 g/mol. The molecule has 56 valence electrons. The van der Waals surface area contributed by atoms with Gasteiger partial charge >= 0.3 is 0 Å². The maximum absolute atomic E-state index is 4.31. The fourth-order valence-electron chi connectivity index (χ4n) is 1.22. The summed E-state index contributed by atoms with van der Waals surface area (Å²) < 4.78 is 0. The second-order valence-corrected chi connectivity index (χ2v) is 2.68. The zero-order chi connectivity index (χ0) is 7.68. The van der Waals surface area contributed by atoms with Crippen LogP contribution < -0.4 is 0 Å². The molecule has 0 radical (unpaired) electrons. The standard InChI is InChI=1S/C9H10N2/c1-2-7-5-9-8(11-6-7)3-4-10-9/h4-6H,2-3H2,1H3. The van der Waals surface area contributed by atoms with Crippen molar-refractivity contribution in [2.24, 2.45) is 4.99 Å². The molecule has 0 amide bonds. The summed E-state index contributed by atoms with van der Waals surface area (Å²) in [5, 5.41) is 0. The molecule has 2 heteroatoms. The van der Waals surface area contributed by atoms with E-state index in [1.54, 1.807) is 0 Å². The molecule has 1 aliphatic heterocycles. The molecule has 1 aromatic heterocycles. The predicted octanol–water partition coefficient (Wildman–Crippen LogP) is 1.90. The lowest BCUT2D eigenvalue weighted by Crippen LogP contribution is -1.87. The highest BCUT2D eigenvalue weighted by atomic mass is 14.8. The molecule has 0 fully saturated rings. The van der Waals surface area contributed by atoms with Gasteiger partial charge in [0.05, 0.1) is 11.4 Å². The molecule has 0 N–H and O–H groups in total. The van der Waals surface area contributed by atoms with Crippen molar-refractivity contribution in [1.82, 2.24) is 4.98 Å². The summed E-state index contributed by atoms with van der Waals surface area (Å²) >= 11 is 0. The van der Waals surface area contributed by atoms with Crippen molar-refractivity contribution in [3.05, 3.63) is 23.5 Å². The van der Waals surface area contributed by atoms with E-state index in [9.17, 15) is 0 Å². The highest BCUT2D eigenvalue weighted by molar-refractivity contribution is 5.74. The molecule has 2 heterocycles. The van der Waals surface area contributed by atoms with E-state index in [-0.39, 0.29) is 0 Å². The van der Waals surface area contributed by atoms with Crippen molar-refractivity contribution in [3.63, 3.8) is 0 Å². The number of aliphatic imine (C=N–C) groups is 1. The van der Waals surface area contributed by atoms with E-state index < -0.39 is 0 Å². The van der Waals surface area contributed by atoms with Crippen LogP contribution in [0.25, 0.3) is 0 Å². The first kappa shape index (κ1) is 6.53. The quantitative estimate of drug-likeness (QED) is 0.594. The zero-order valence-electron chi connectivity index (χ0n) is 6.54. The number of nitrogens with zero attached hydrogens (tertiary/aromatic N) is 2. The van der Waals surface area contributed by atoms with E-state index in [1.165, 1.54) is 5.56 Å². The number of pyridine rings is 1. The minimum atomic E-state index is 0.902. The Morgan fingerprint density at radius 3 is 3.27 bits per heavy atom. The average Bonchev–Trinajstić information content (AvgIpc) is 2.50. The highest BCUT2D eigenvalue weighted by Crippen LogP contribution is 2.22. The normalized spacial score (nSPS) is 13.5. The summed E-state index contributed by atoms with van der Waals surface area (Å²) in [6.07, 6.45) is 5.79. The highest BCUT2D eigenvalue weighted by Gasteiger charge is 2.06. The molecule has 0 bridgehead atoms. The van der Waals surface area contributed by atoms with Crippen LogP contribution in [0.4, 0.5) is 5.69 Å². The molecule has 0 aromatic carbocycles. The van der Waals surface area contributed by atoms with Gasteiger partial charge in [-0.15, -0.1) is 0 Å². The lowest BCUT2D eigenvalue weighted by molar-refractivity contribution is 1.07. The SMILES string of the molecule is CCc1cnc2c(c1)N=CC2. The topological polar surface area (TPSA) is 25.2 Å². The Morgan fingerprint density at radius 1 is 1.55 bits per heavy atom. The maximum Gasteiger partial charge on any atom is 0.0847 e. The Bertz CT molecular complexity index is 302. The molecule has 1 aliphatic rings. The number of aromatic nitrogens is 1. The third kappa shape index (κ3) is 1.04. The first-order valence-electron chi connectivity index (χ1n) is 3.90.